The minimum Gasteiger partial charge on any atom is -0.340 e. The van der Waals surface area contributed by atoms with Crippen LogP contribution in [0.15, 0.2) is 12.3 Å². The molecule has 6 heteroatoms. The molecule has 0 saturated heterocycles. The minimum atomic E-state index is -0.501. The summed E-state index contributed by atoms with van der Waals surface area (Å²) in [6.45, 7) is 4.93. The van der Waals surface area contributed by atoms with Gasteiger partial charge < -0.3 is 9.47 Å². The van der Waals surface area contributed by atoms with Crippen LogP contribution in [-0.4, -0.2) is 33.4 Å². The number of carbonyl (C=O) groups is 1. The number of nitro groups is 1. The highest BCUT2D eigenvalue weighted by molar-refractivity contribution is 5.93. The zero-order valence-corrected chi connectivity index (χ0v) is 9.64. The molecule has 0 radical (unpaired) electrons. The highest BCUT2D eigenvalue weighted by Crippen LogP contribution is 2.16. The minimum absolute atomic E-state index is 0.0574. The third-order valence-electron chi connectivity index (χ3n) is 2.47. The first kappa shape index (κ1) is 12.2. The molecule has 0 N–H and O–H groups in total. The van der Waals surface area contributed by atoms with E-state index in [0.29, 0.717) is 18.8 Å². The Morgan fingerprint density at radius 2 is 2.06 bits per heavy atom. The zero-order valence-electron chi connectivity index (χ0n) is 9.64. The van der Waals surface area contributed by atoms with Crippen LogP contribution in [0.2, 0.25) is 0 Å². The van der Waals surface area contributed by atoms with Crippen LogP contribution in [0.5, 0.6) is 0 Å². The van der Waals surface area contributed by atoms with E-state index in [4.69, 9.17) is 0 Å². The van der Waals surface area contributed by atoms with Gasteiger partial charge in [0.1, 0.15) is 5.69 Å². The van der Waals surface area contributed by atoms with Crippen molar-refractivity contribution in [3.05, 3.63) is 28.1 Å². The summed E-state index contributed by atoms with van der Waals surface area (Å²) in [5, 5.41) is 10.6. The van der Waals surface area contributed by atoms with Gasteiger partial charge in [0.05, 0.1) is 11.1 Å². The smallest absolute Gasteiger partial charge is 0.287 e. The quantitative estimate of drug-likeness (QED) is 0.574. The zero-order chi connectivity index (χ0) is 12.3. The predicted octanol–water partition coefficient (Wildman–Crippen LogP) is 1.42. The molecule has 6 nitrogen and oxygen atoms in total. The average Bonchev–Trinajstić information content (AvgIpc) is 2.62. The van der Waals surface area contributed by atoms with E-state index in [9.17, 15) is 14.9 Å². The molecule has 0 fully saturated rings. The third kappa shape index (κ3) is 2.21. The summed E-state index contributed by atoms with van der Waals surface area (Å²) in [4.78, 5) is 23.6. The summed E-state index contributed by atoms with van der Waals surface area (Å²) in [5.74, 6) is -0.180. The lowest BCUT2D eigenvalue weighted by atomic mass is 10.3. The Bertz CT molecular complexity index is 407. The second kappa shape index (κ2) is 4.78. The number of carbonyl (C=O) groups excluding carboxylic acids is 1. The molecule has 0 spiro atoms. The van der Waals surface area contributed by atoms with Crippen molar-refractivity contribution in [1.82, 2.24) is 9.47 Å². The molecular formula is C10H15N3O3. The number of hydrogen-bond donors (Lipinski definition) is 0. The van der Waals surface area contributed by atoms with E-state index in [0.717, 1.165) is 0 Å². The third-order valence-corrected chi connectivity index (χ3v) is 2.47. The van der Waals surface area contributed by atoms with Crippen molar-refractivity contribution in [3.63, 3.8) is 0 Å². The van der Waals surface area contributed by atoms with Crippen LogP contribution in [0.1, 0.15) is 24.3 Å². The monoisotopic (exact) mass is 225 g/mol. The molecule has 1 rings (SSSR count). The van der Waals surface area contributed by atoms with E-state index in [-0.39, 0.29) is 11.6 Å². The van der Waals surface area contributed by atoms with Crippen LogP contribution in [0, 0.1) is 10.1 Å². The van der Waals surface area contributed by atoms with Gasteiger partial charge in [-0.15, -0.1) is 0 Å². The molecule has 1 heterocycles. The molecule has 0 aliphatic rings. The summed E-state index contributed by atoms with van der Waals surface area (Å²) in [5.41, 5.74) is 0.286. The Morgan fingerprint density at radius 1 is 1.50 bits per heavy atom. The van der Waals surface area contributed by atoms with Crippen molar-refractivity contribution in [2.45, 2.75) is 13.8 Å². The molecule has 0 aromatic carbocycles. The molecule has 1 amide bonds. The maximum atomic E-state index is 11.9. The van der Waals surface area contributed by atoms with Gasteiger partial charge in [0.15, 0.2) is 0 Å². The van der Waals surface area contributed by atoms with Crippen LogP contribution in [0.3, 0.4) is 0 Å². The van der Waals surface area contributed by atoms with E-state index in [1.807, 2.05) is 13.8 Å². The first-order valence-corrected chi connectivity index (χ1v) is 5.11. The Labute approximate surface area is 93.6 Å². The Morgan fingerprint density at radius 3 is 2.44 bits per heavy atom. The van der Waals surface area contributed by atoms with E-state index >= 15 is 0 Å². The van der Waals surface area contributed by atoms with Crippen molar-refractivity contribution in [3.8, 4) is 0 Å². The maximum absolute atomic E-state index is 11.9. The number of aryl methyl sites for hydroxylation is 1. The maximum Gasteiger partial charge on any atom is 0.287 e. The van der Waals surface area contributed by atoms with Gasteiger partial charge in [0.2, 0.25) is 0 Å². The van der Waals surface area contributed by atoms with Gasteiger partial charge in [0, 0.05) is 26.2 Å². The van der Waals surface area contributed by atoms with Crippen LogP contribution in [0.4, 0.5) is 5.69 Å². The molecule has 0 saturated carbocycles. The first-order valence-electron chi connectivity index (χ1n) is 5.11. The number of nitrogens with zero attached hydrogens (tertiary/aromatic N) is 3. The Kier molecular flexibility index (Phi) is 3.65. The SMILES string of the molecule is CCN(CC)C(=O)c1cc([N+](=O)[O-])cn1C. The van der Waals surface area contributed by atoms with Crippen LogP contribution >= 0.6 is 0 Å². The molecule has 0 unspecified atom stereocenters. The number of aromatic nitrogens is 1. The number of hydrogen-bond acceptors (Lipinski definition) is 3. The second-order valence-electron chi connectivity index (χ2n) is 3.43. The normalized spacial score (nSPS) is 10.2. The first-order chi connectivity index (χ1) is 7.51. The largest absolute Gasteiger partial charge is 0.340 e. The van der Waals surface area contributed by atoms with Crippen molar-refractivity contribution in [2.75, 3.05) is 13.1 Å². The van der Waals surface area contributed by atoms with Gasteiger partial charge in [0.25, 0.3) is 11.6 Å². The molecule has 1 aromatic heterocycles. The summed E-state index contributed by atoms with van der Waals surface area (Å²) < 4.78 is 1.48. The van der Waals surface area contributed by atoms with Crippen molar-refractivity contribution < 1.29 is 9.72 Å². The van der Waals surface area contributed by atoms with E-state index < -0.39 is 4.92 Å². The van der Waals surface area contributed by atoms with Gasteiger partial charge in [-0.05, 0) is 13.8 Å². The lowest BCUT2D eigenvalue weighted by Crippen LogP contribution is -2.31. The Hall–Kier alpha value is -1.85. The van der Waals surface area contributed by atoms with Gasteiger partial charge in [-0.1, -0.05) is 0 Å². The van der Waals surface area contributed by atoms with E-state index in [2.05, 4.69) is 0 Å². The number of rotatable bonds is 4. The van der Waals surface area contributed by atoms with E-state index in [1.54, 1.807) is 11.9 Å². The predicted molar refractivity (Wildman–Crippen MR) is 59.3 cm³/mol. The fraction of sp³-hybridized carbons (Fsp3) is 0.500. The summed E-state index contributed by atoms with van der Waals surface area (Å²) in [6.07, 6.45) is 1.34. The molecule has 0 aliphatic carbocycles. The Balaban J connectivity index is 3.04. The van der Waals surface area contributed by atoms with Gasteiger partial charge in [-0.3, -0.25) is 14.9 Å². The van der Waals surface area contributed by atoms with Crippen LogP contribution < -0.4 is 0 Å². The molecule has 1 aromatic rings. The fourth-order valence-electron chi connectivity index (χ4n) is 1.53. The van der Waals surface area contributed by atoms with Crippen molar-refractivity contribution in [1.29, 1.82) is 0 Å². The lowest BCUT2D eigenvalue weighted by Gasteiger charge is -2.18. The second-order valence-corrected chi connectivity index (χ2v) is 3.43. The number of amides is 1. The van der Waals surface area contributed by atoms with Crippen LogP contribution in [0.25, 0.3) is 0 Å². The highest BCUT2D eigenvalue weighted by Gasteiger charge is 2.20. The fourth-order valence-corrected chi connectivity index (χ4v) is 1.53. The summed E-state index contributed by atoms with van der Waals surface area (Å²) >= 11 is 0. The van der Waals surface area contributed by atoms with Crippen molar-refractivity contribution >= 4 is 11.6 Å². The van der Waals surface area contributed by atoms with Crippen molar-refractivity contribution in [2.24, 2.45) is 7.05 Å². The van der Waals surface area contributed by atoms with Gasteiger partial charge >= 0.3 is 0 Å². The molecule has 88 valence electrons. The van der Waals surface area contributed by atoms with Gasteiger partial charge in [-0.25, -0.2) is 0 Å². The van der Waals surface area contributed by atoms with E-state index in [1.165, 1.54) is 16.8 Å². The molecule has 16 heavy (non-hydrogen) atoms. The topological polar surface area (TPSA) is 68.4 Å². The molecule has 0 atom stereocenters. The van der Waals surface area contributed by atoms with Gasteiger partial charge in [-0.2, -0.15) is 0 Å². The average molecular weight is 225 g/mol. The molecule has 0 aliphatic heterocycles. The standard InChI is InChI=1S/C10H15N3O3/c1-4-12(5-2)10(14)9-6-8(13(15)16)7-11(9)3/h6-7H,4-5H2,1-3H3. The summed E-state index contributed by atoms with van der Waals surface area (Å²) in [7, 11) is 1.63. The molecular weight excluding hydrogens is 210 g/mol. The summed E-state index contributed by atoms with van der Waals surface area (Å²) in [6, 6.07) is 1.31. The van der Waals surface area contributed by atoms with Crippen LogP contribution in [-0.2, 0) is 7.05 Å². The lowest BCUT2D eigenvalue weighted by molar-refractivity contribution is -0.384. The highest BCUT2D eigenvalue weighted by atomic mass is 16.6. The molecule has 0 bridgehead atoms.